The lowest BCUT2D eigenvalue weighted by atomic mass is 9.80. The van der Waals surface area contributed by atoms with Gasteiger partial charge in [0.2, 0.25) is 0 Å². The SMILES string of the molecule is CC(=O)c1cc2cc(C(C)(C)C)ccc2cc1C(C)(C)C. The fraction of sp³-hybridized carbons (Fsp3) is 0.450. The highest BCUT2D eigenvalue weighted by atomic mass is 16.1. The van der Waals surface area contributed by atoms with Crippen molar-refractivity contribution in [3.05, 3.63) is 47.0 Å². The number of carbonyl (C=O) groups is 1. The molecule has 1 nitrogen and oxygen atoms in total. The Balaban J connectivity index is 2.76. The average Bonchev–Trinajstić information content (AvgIpc) is 2.34. The molecular formula is C20H26O. The molecule has 0 aromatic heterocycles. The second kappa shape index (κ2) is 4.98. The molecule has 21 heavy (non-hydrogen) atoms. The zero-order valence-corrected chi connectivity index (χ0v) is 14.3. The molecule has 0 aliphatic heterocycles. The van der Waals surface area contributed by atoms with Crippen molar-refractivity contribution in [1.29, 1.82) is 0 Å². The lowest BCUT2D eigenvalue weighted by Gasteiger charge is -2.24. The van der Waals surface area contributed by atoms with E-state index in [2.05, 4.69) is 71.9 Å². The Morgan fingerprint density at radius 1 is 0.810 bits per heavy atom. The maximum Gasteiger partial charge on any atom is 0.160 e. The molecule has 0 heterocycles. The Labute approximate surface area is 128 Å². The molecule has 2 aromatic rings. The quantitative estimate of drug-likeness (QED) is 0.619. The summed E-state index contributed by atoms with van der Waals surface area (Å²) in [5.41, 5.74) is 3.37. The van der Waals surface area contributed by atoms with Crippen LogP contribution in [0.1, 0.15) is 70.0 Å². The lowest BCUT2D eigenvalue weighted by molar-refractivity contribution is 0.101. The zero-order chi connectivity index (χ0) is 16.0. The first kappa shape index (κ1) is 15.8. The van der Waals surface area contributed by atoms with E-state index in [-0.39, 0.29) is 16.6 Å². The normalized spacial score (nSPS) is 12.7. The maximum atomic E-state index is 12.0. The molecule has 0 spiro atoms. The fourth-order valence-electron chi connectivity index (χ4n) is 2.68. The first-order valence-corrected chi connectivity index (χ1v) is 7.60. The van der Waals surface area contributed by atoms with Crippen molar-refractivity contribution in [1.82, 2.24) is 0 Å². The fourth-order valence-corrected chi connectivity index (χ4v) is 2.68. The van der Waals surface area contributed by atoms with Gasteiger partial charge in [-0.1, -0.05) is 59.7 Å². The Hall–Kier alpha value is -1.63. The monoisotopic (exact) mass is 282 g/mol. The van der Waals surface area contributed by atoms with Crippen LogP contribution in [0.3, 0.4) is 0 Å². The topological polar surface area (TPSA) is 17.1 Å². The van der Waals surface area contributed by atoms with Crippen LogP contribution in [0.4, 0.5) is 0 Å². The number of Topliss-reactive ketones (excluding diaryl/α,β-unsaturated/α-hetero) is 1. The van der Waals surface area contributed by atoms with Gasteiger partial charge in [-0.05, 0) is 51.8 Å². The second-order valence-electron chi connectivity index (χ2n) is 8.02. The summed E-state index contributed by atoms with van der Waals surface area (Å²) < 4.78 is 0. The first-order chi connectivity index (χ1) is 9.50. The summed E-state index contributed by atoms with van der Waals surface area (Å²) in [5, 5.41) is 2.36. The van der Waals surface area contributed by atoms with Crippen LogP contribution in [0.2, 0.25) is 0 Å². The second-order valence-corrected chi connectivity index (χ2v) is 8.02. The van der Waals surface area contributed by atoms with Crippen molar-refractivity contribution in [2.75, 3.05) is 0 Å². The molecule has 0 radical (unpaired) electrons. The van der Waals surface area contributed by atoms with Gasteiger partial charge in [0.05, 0.1) is 0 Å². The predicted molar refractivity (Wildman–Crippen MR) is 91.4 cm³/mol. The van der Waals surface area contributed by atoms with Crippen molar-refractivity contribution in [2.24, 2.45) is 0 Å². The van der Waals surface area contributed by atoms with Crippen LogP contribution in [-0.4, -0.2) is 5.78 Å². The van der Waals surface area contributed by atoms with E-state index in [0.29, 0.717) is 0 Å². The summed E-state index contributed by atoms with van der Waals surface area (Å²) in [6, 6.07) is 10.8. The molecule has 0 unspecified atom stereocenters. The van der Waals surface area contributed by atoms with E-state index < -0.39 is 0 Å². The van der Waals surface area contributed by atoms with Gasteiger partial charge in [-0.3, -0.25) is 4.79 Å². The van der Waals surface area contributed by atoms with Gasteiger partial charge in [-0.15, -0.1) is 0 Å². The van der Waals surface area contributed by atoms with Crippen molar-refractivity contribution >= 4 is 16.6 Å². The van der Waals surface area contributed by atoms with E-state index in [1.54, 1.807) is 6.92 Å². The molecule has 0 atom stereocenters. The van der Waals surface area contributed by atoms with Crippen molar-refractivity contribution in [3.63, 3.8) is 0 Å². The van der Waals surface area contributed by atoms with Gasteiger partial charge in [-0.2, -0.15) is 0 Å². The number of hydrogen-bond acceptors (Lipinski definition) is 1. The average molecular weight is 282 g/mol. The molecule has 0 aliphatic rings. The summed E-state index contributed by atoms with van der Waals surface area (Å²) in [4.78, 5) is 12.0. The van der Waals surface area contributed by atoms with Gasteiger partial charge in [0.25, 0.3) is 0 Å². The molecule has 0 bridgehead atoms. The lowest BCUT2D eigenvalue weighted by Crippen LogP contribution is -2.16. The van der Waals surface area contributed by atoms with Crippen molar-refractivity contribution < 1.29 is 4.79 Å². The molecule has 112 valence electrons. The van der Waals surface area contributed by atoms with Gasteiger partial charge in [0.15, 0.2) is 5.78 Å². The van der Waals surface area contributed by atoms with Gasteiger partial charge in [0, 0.05) is 5.56 Å². The Morgan fingerprint density at radius 3 is 1.90 bits per heavy atom. The van der Waals surface area contributed by atoms with Crippen LogP contribution in [-0.2, 0) is 10.8 Å². The number of fused-ring (bicyclic) bond motifs is 1. The summed E-state index contributed by atoms with van der Waals surface area (Å²) in [6.07, 6.45) is 0. The first-order valence-electron chi connectivity index (χ1n) is 7.60. The zero-order valence-electron chi connectivity index (χ0n) is 14.3. The molecule has 0 saturated heterocycles. The number of hydrogen-bond donors (Lipinski definition) is 0. The highest BCUT2D eigenvalue weighted by Gasteiger charge is 2.21. The van der Waals surface area contributed by atoms with E-state index in [0.717, 1.165) is 16.5 Å². The van der Waals surface area contributed by atoms with Crippen LogP contribution in [0.15, 0.2) is 30.3 Å². The largest absolute Gasteiger partial charge is 0.295 e. The summed E-state index contributed by atoms with van der Waals surface area (Å²) in [5.74, 6) is 0.142. The Morgan fingerprint density at radius 2 is 1.43 bits per heavy atom. The van der Waals surface area contributed by atoms with E-state index in [1.165, 1.54) is 10.9 Å². The minimum atomic E-state index is -0.0299. The number of benzene rings is 2. The molecule has 0 N–H and O–H groups in total. The summed E-state index contributed by atoms with van der Waals surface area (Å²) >= 11 is 0. The Bertz CT molecular complexity index is 694. The third kappa shape index (κ3) is 3.18. The van der Waals surface area contributed by atoms with E-state index in [1.807, 2.05) is 0 Å². The van der Waals surface area contributed by atoms with Crippen LogP contribution in [0.5, 0.6) is 0 Å². The highest BCUT2D eigenvalue weighted by Crippen LogP contribution is 2.32. The molecule has 2 aromatic carbocycles. The third-order valence-corrected chi connectivity index (χ3v) is 4.03. The molecule has 2 rings (SSSR count). The number of carbonyl (C=O) groups excluding carboxylic acids is 1. The van der Waals surface area contributed by atoms with Crippen molar-refractivity contribution in [3.8, 4) is 0 Å². The Kier molecular flexibility index (Phi) is 3.73. The maximum absolute atomic E-state index is 12.0. The van der Waals surface area contributed by atoms with Gasteiger partial charge < -0.3 is 0 Å². The minimum absolute atomic E-state index is 0.0299. The van der Waals surface area contributed by atoms with Gasteiger partial charge >= 0.3 is 0 Å². The molecule has 1 heteroatoms. The molecule has 0 saturated carbocycles. The standard InChI is InChI=1S/C20H26O/c1-13(21)17-11-15-10-16(19(2,3)4)9-8-14(15)12-18(17)20(5,6)7/h8-12H,1-7H3. The van der Waals surface area contributed by atoms with E-state index in [4.69, 9.17) is 0 Å². The van der Waals surface area contributed by atoms with Crippen molar-refractivity contribution in [2.45, 2.75) is 59.3 Å². The van der Waals surface area contributed by atoms with Gasteiger partial charge in [-0.25, -0.2) is 0 Å². The number of rotatable bonds is 1. The smallest absolute Gasteiger partial charge is 0.160 e. The van der Waals surface area contributed by atoms with Crippen LogP contribution >= 0.6 is 0 Å². The van der Waals surface area contributed by atoms with Gasteiger partial charge in [0.1, 0.15) is 0 Å². The van der Waals surface area contributed by atoms with Crippen LogP contribution in [0, 0.1) is 0 Å². The summed E-state index contributed by atoms with van der Waals surface area (Å²) in [7, 11) is 0. The summed E-state index contributed by atoms with van der Waals surface area (Å²) in [6.45, 7) is 14.8. The van der Waals surface area contributed by atoms with E-state index >= 15 is 0 Å². The molecule has 0 fully saturated rings. The number of ketones is 1. The molecule has 0 aliphatic carbocycles. The molecular weight excluding hydrogens is 256 g/mol. The predicted octanol–water partition coefficient (Wildman–Crippen LogP) is 5.64. The van der Waals surface area contributed by atoms with Crippen LogP contribution < -0.4 is 0 Å². The molecule has 0 amide bonds. The van der Waals surface area contributed by atoms with Crippen LogP contribution in [0.25, 0.3) is 10.8 Å². The third-order valence-electron chi connectivity index (χ3n) is 4.03. The highest BCUT2D eigenvalue weighted by molar-refractivity contribution is 6.00. The minimum Gasteiger partial charge on any atom is -0.295 e. The van der Waals surface area contributed by atoms with E-state index in [9.17, 15) is 4.79 Å².